The highest BCUT2D eigenvalue weighted by Gasteiger charge is 2.57. The summed E-state index contributed by atoms with van der Waals surface area (Å²) in [5.74, 6) is 0.856. The van der Waals surface area contributed by atoms with E-state index >= 15 is 0 Å². The fourth-order valence-electron chi connectivity index (χ4n) is 2.94. The first kappa shape index (κ1) is 12.6. The van der Waals surface area contributed by atoms with E-state index < -0.39 is 0 Å². The van der Waals surface area contributed by atoms with Crippen LogP contribution < -0.4 is 5.73 Å². The number of nitrogens with two attached hydrogens (primary N) is 1. The molecule has 1 aliphatic rings. The van der Waals surface area contributed by atoms with Crippen LogP contribution in [0.2, 0.25) is 0 Å². The van der Waals surface area contributed by atoms with Crippen LogP contribution in [0.4, 0.5) is 0 Å². The van der Waals surface area contributed by atoms with Gasteiger partial charge < -0.3 is 5.73 Å². The van der Waals surface area contributed by atoms with E-state index in [9.17, 15) is 0 Å². The standard InChI is InChI=1S/C14H27N/c1-6-7-8-13(4,10-12(3)15)14(5)9-11(14)2/h10-11H,6-9,15H2,1-5H3/b12-10+. The fraction of sp³-hybridized carbons (Fsp3) is 0.857. The molecular weight excluding hydrogens is 182 g/mol. The smallest absolute Gasteiger partial charge is 0.00141 e. The predicted molar refractivity (Wildman–Crippen MR) is 67.5 cm³/mol. The van der Waals surface area contributed by atoms with Gasteiger partial charge in [-0.1, -0.05) is 46.6 Å². The van der Waals surface area contributed by atoms with Gasteiger partial charge in [0.05, 0.1) is 0 Å². The number of hydrogen-bond acceptors (Lipinski definition) is 1. The average Bonchev–Trinajstić information content (AvgIpc) is 2.72. The van der Waals surface area contributed by atoms with Gasteiger partial charge in [0.15, 0.2) is 0 Å². The molecular formula is C14H27N. The van der Waals surface area contributed by atoms with E-state index in [1.54, 1.807) is 0 Å². The quantitative estimate of drug-likeness (QED) is 0.725. The SMILES string of the molecule is CCCCC(C)(/C=C(\C)N)C1(C)CC1C. The van der Waals surface area contributed by atoms with Crippen LogP contribution in [0, 0.1) is 16.7 Å². The molecule has 3 atom stereocenters. The van der Waals surface area contributed by atoms with Gasteiger partial charge >= 0.3 is 0 Å². The average molecular weight is 209 g/mol. The Morgan fingerprint density at radius 3 is 2.47 bits per heavy atom. The van der Waals surface area contributed by atoms with Gasteiger partial charge in [-0.15, -0.1) is 0 Å². The summed E-state index contributed by atoms with van der Waals surface area (Å²) in [6, 6.07) is 0. The summed E-state index contributed by atoms with van der Waals surface area (Å²) in [5, 5.41) is 0. The minimum Gasteiger partial charge on any atom is -0.403 e. The first-order valence-electron chi connectivity index (χ1n) is 6.30. The highest BCUT2D eigenvalue weighted by atomic mass is 14.6. The first-order valence-corrected chi connectivity index (χ1v) is 6.30. The van der Waals surface area contributed by atoms with Crippen molar-refractivity contribution in [3.8, 4) is 0 Å². The van der Waals surface area contributed by atoms with E-state index in [4.69, 9.17) is 5.73 Å². The second-order valence-corrected chi connectivity index (χ2v) is 5.93. The van der Waals surface area contributed by atoms with Crippen molar-refractivity contribution in [2.45, 2.75) is 60.3 Å². The molecule has 1 rings (SSSR count). The molecule has 0 heterocycles. The van der Waals surface area contributed by atoms with Gasteiger partial charge in [0.1, 0.15) is 0 Å². The van der Waals surface area contributed by atoms with Crippen LogP contribution in [-0.4, -0.2) is 0 Å². The topological polar surface area (TPSA) is 26.0 Å². The molecule has 3 unspecified atom stereocenters. The van der Waals surface area contributed by atoms with Crippen LogP contribution in [0.25, 0.3) is 0 Å². The van der Waals surface area contributed by atoms with Gasteiger partial charge in [-0.2, -0.15) is 0 Å². The third kappa shape index (κ3) is 2.38. The molecule has 0 aromatic rings. The summed E-state index contributed by atoms with van der Waals surface area (Å²) >= 11 is 0. The molecule has 0 radical (unpaired) electrons. The van der Waals surface area contributed by atoms with Crippen LogP contribution in [-0.2, 0) is 0 Å². The van der Waals surface area contributed by atoms with Crippen molar-refractivity contribution in [3.63, 3.8) is 0 Å². The van der Waals surface area contributed by atoms with E-state index in [1.165, 1.54) is 25.7 Å². The van der Waals surface area contributed by atoms with E-state index in [2.05, 4.69) is 33.8 Å². The summed E-state index contributed by atoms with van der Waals surface area (Å²) in [6.45, 7) is 11.5. The Kier molecular flexibility index (Phi) is 3.52. The van der Waals surface area contributed by atoms with Crippen molar-refractivity contribution in [1.82, 2.24) is 0 Å². The maximum absolute atomic E-state index is 5.88. The van der Waals surface area contributed by atoms with Crippen molar-refractivity contribution < 1.29 is 0 Å². The molecule has 88 valence electrons. The van der Waals surface area contributed by atoms with Crippen LogP contribution in [0.5, 0.6) is 0 Å². The van der Waals surface area contributed by atoms with Crippen LogP contribution >= 0.6 is 0 Å². The van der Waals surface area contributed by atoms with Gasteiger partial charge in [0.25, 0.3) is 0 Å². The maximum Gasteiger partial charge on any atom is 0.00141 e. The van der Waals surface area contributed by atoms with Crippen molar-refractivity contribution in [2.75, 3.05) is 0 Å². The Morgan fingerprint density at radius 2 is 2.13 bits per heavy atom. The molecule has 1 fully saturated rings. The van der Waals surface area contributed by atoms with Gasteiger partial charge in [-0.25, -0.2) is 0 Å². The molecule has 0 saturated heterocycles. The van der Waals surface area contributed by atoms with Gasteiger partial charge in [0.2, 0.25) is 0 Å². The Labute approximate surface area is 95.1 Å². The molecule has 0 amide bonds. The molecule has 0 aliphatic heterocycles. The van der Waals surface area contributed by atoms with E-state index in [0.717, 1.165) is 11.6 Å². The van der Waals surface area contributed by atoms with Crippen LogP contribution in [0.15, 0.2) is 11.8 Å². The van der Waals surface area contributed by atoms with Crippen molar-refractivity contribution >= 4 is 0 Å². The molecule has 0 bridgehead atoms. The lowest BCUT2D eigenvalue weighted by Crippen LogP contribution is -2.27. The third-order valence-corrected chi connectivity index (χ3v) is 4.56. The summed E-state index contributed by atoms with van der Waals surface area (Å²) < 4.78 is 0. The van der Waals surface area contributed by atoms with Gasteiger partial charge in [-0.05, 0) is 36.5 Å². The molecule has 1 aliphatic carbocycles. The Hall–Kier alpha value is -0.460. The first-order chi connectivity index (χ1) is 6.85. The van der Waals surface area contributed by atoms with E-state index in [0.29, 0.717) is 10.8 Å². The highest BCUT2D eigenvalue weighted by molar-refractivity contribution is 5.17. The number of hydrogen-bond donors (Lipinski definition) is 1. The molecule has 1 heteroatoms. The summed E-state index contributed by atoms with van der Waals surface area (Å²) in [6.07, 6.45) is 7.53. The van der Waals surface area contributed by atoms with E-state index in [1.807, 2.05) is 6.92 Å². The monoisotopic (exact) mass is 209 g/mol. The normalized spacial score (nSPS) is 35.0. The minimum atomic E-state index is 0.307. The van der Waals surface area contributed by atoms with Gasteiger partial charge in [0, 0.05) is 5.70 Å². The molecule has 1 saturated carbocycles. The molecule has 0 spiro atoms. The van der Waals surface area contributed by atoms with Crippen molar-refractivity contribution in [3.05, 3.63) is 11.8 Å². The minimum absolute atomic E-state index is 0.307. The van der Waals surface area contributed by atoms with Crippen molar-refractivity contribution in [1.29, 1.82) is 0 Å². The molecule has 1 nitrogen and oxygen atoms in total. The predicted octanol–water partition coefficient (Wildman–Crippen LogP) is 4.09. The zero-order valence-corrected chi connectivity index (χ0v) is 11.1. The van der Waals surface area contributed by atoms with Crippen molar-refractivity contribution in [2.24, 2.45) is 22.5 Å². The highest BCUT2D eigenvalue weighted by Crippen LogP contribution is 2.65. The zero-order chi connectivity index (χ0) is 11.7. The molecule has 0 aromatic carbocycles. The largest absolute Gasteiger partial charge is 0.403 e. The lowest BCUT2D eigenvalue weighted by molar-refractivity contribution is 0.207. The fourth-order valence-corrected chi connectivity index (χ4v) is 2.94. The van der Waals surface area contributed by atoms with Crippen LogP contribution in [0.3, 0.4) is 0 Å². The summed E-state index contributed by atoms with van der Waals surface area (Å²) in [4.78, 5) is 0. The number of rotatable bonds is 5. The number of allylic oxidation sites excluding steroid dienone is 2. The molecule has 0 aromatic heterocycles. The van der Waals surface area contributed by atoms with E-state index in [-0.39, 0.29) is 0 Å². The third-order valence-electron chi connectivity index (χ3n) is 4.56. The Morgan fingerprint density at radius 1 is 1.60 bits per heavy atom. The summed E-state index contributed by atoms with van der Waals surface area (Å²) in [7, 11) is 0. The lowest BCUT2D eigenvalue weighted by Gasteiger charge is -2.35. The lowest BCUT2D eigenvalue weighted by atomic mass is 9.70. The Balaban J connectivity index is 2.82. The number of unbranched alkanes of at least 4 members (excludes halogenated alkanes) is 1. The van der Waals surface area contributed by atoms with Crippen LogP contribution in [0.1, 0.15) is 60.3 Å². The summed E-state index contributed by atoms with van der Waals surface area (Å²) in [5.41, 5.74) is 7.66. The molecule has 15 heavy (non-hydrogen) atoms. The second-order valence-electron chi connectivity index (χ2n) is 5.93. The maximum atomic E-state index is 5.88. The zero-order valence-electron chi connectivity index (χ0n) is 11.1. The van der Waals surface area contributed by atoms with Gasteiger partial charge in [-0.3, -0.25) is 0 Å². The Bertz CT molecular complexity index is 252. The second kappa shape index (κ2) is 4.19. The molecule has 2 N–H and O–H groups in total.